The summed E-state index contributed by atoms with van der Waals surface area (Å²) in [5.41, 5.74) is 0. The fourth-order valence-electron chi connectivity index (χ4n) is 2.22. The van der Waals surface area contributed by atoms with E-state index in [1.165, 1.54) is 0 Å². The van der Waals surface area contributed by atoms with E-state index in [0.29, 0.717) is 6.42 Å². The van der Waals surface area contributed by atoms with Crippen LogP contribution < -0.4 is 0 Å². The van der Waals surface area contributed by atoms with Crippen LogP contribution >= 0.6 is 0 Å². The molecule has 0 aliphatic rings. The maximum absolute atomic E-state index is 14.0. The molecule has 0 rings (SSSR count). The molecule has 0 fully saturated rings. The van der Waals surface area contributed by atoms with Crippen LogP contribution in [0, 0.1) is 11.8 Å². The molecule has 0 aromatic heterocycles. The minimum Gasteiger partial charge on any atom is -0.465 e. The molecule has 0 N–H and O–H groups in total. The maximum atomic E-state index is 14.0. The second-order valence-electron chi connectivity index (χ2n) is 7.08. The summed E-state index contributed by atoms with van der Waals surface area (Å²) < 4.78 is 175. The molecular weight excluding hydrogens is 471 g/mol. The molecule has 0 aromatic carbocycles. The van der Waals surface area contributed by atoms with Crippen LogP contribution in [0.25, 0.3) is 0 Å². The lowest BCUT2D eigenvalue weighted by molar-refractivity contribution is -0.440. The van der Waals surface area contributed by atoms with E-state index in [-0.39, 0.29) is 13.0 Å². The van der Waals surface area contributed by atoms with Gasteiger partial charge in [0.05, 0.1) is 12.5 Å². The first-order chi connectivity index (χ1) is 13.5. The Morgan fingerprint density at radius 3 is 1.52 bits per heavy atom. The van der Waals surface area contributed by atoms with Crippen molar-refractivity contribution < 1.29 is 66.6 Å². The van der Waals surface area contributed by atoms with Gasteiger partial charge in [-0.2, -0.15) is 57.1 Å². The fourth-order valence-corrected chi connectivity index (χ4v) is 2.22. The topological polar surface area (TPSA) is 26.3 Å². The van der Waals surface area contributed by atoms with Gasteiger partial charge in [0, 0.05) is 6.42 Å². The van der Waals surface area contributed by atoms with E-state index in [1.807, 2.05) is 0 Å². The number of rotatable bonds is 11. The third-order valence-corrected chi connectivity index (χ3v) is 4.32. The summed E-state index contributed by atoms with van der Waals surface area (Å²) in [6, 6.07) is 0. The van der Waals surface area contributed by atoms with E-state index >= 15 is 0 Å². The van der Waals surface area contributed by atoms with Crippen LogP contribution in [0.3, 0.4) is 0 Å². The Balaban J connectivity index is 6.11. The van der Waals surface area contributed by atoms with E-state index in [0.717, 1.165) is 13.8 Å². The zero-order valence-electron chi connectivity index (χ0n) is 16.2. The second kappa shape index (κ2) is 9.20. The predicted octanol–water partition coefficient (Wildman–Crippen LogP) is 6.73. The number of esters is 1. The average molecular weight is 490 g/mol. The van der Waals surface area contributed by atoms with Gasteiger partial charge >= 0.3 is 41.8 Å². The first kappa shape index (κ1) is 29.6. The van der Waals surface area contributed by atoms with E-state index in [1.54, 1.807) is 6.92 Å². The summed E-state index contributed by atoms with van der Waals surface area (Å²) in [6.07, 6.45) is -9.41. The summed E-state index contributed by atoms with van der Waals surface area (Å²) in [5, 5.41) is 0. The van der Waals surface area contributed by atoms with Crippen LogP contribution in [0.4, 0.5) is 57.1 Å². The highest BCUT2D eigenvalue weighted by Gasteiger charge is 2.90. The van der Waals surface area contributed by atoms with E-state index in [9.17, 15) is 61.9 Å². The normalized spacial score (nSPS) is 15.9. The van der Waals surface area contributed by atoms with E-state index in [2.05, 4.69) is 4.74 Å². The van der Waals surface area contributed by atoms with Gasteiger partial charge in [-0.1, -0.05) is 27.2 Å². The summed E-state index contributed by atoms with van der Waals surface area (Å²) in [7, 11) is 0. The molecule has 0 aliphatic heterocycles. The molecule has 0 heterocycles. The Labute approximate surface area is 168 Å². The third kappa shape index (κ3) is 5.32. The molecular formula is C16H19F13O2. The molecule has 31 heavy (non-hydrogen) atoms. The van der Waals surface area contributed by atoms with Gasteiger partial charge in [-0.05, 0) is 12.3 Å². The van der Waals surface area contributed by atoms with Crippen LogP contribution in [0.2, 0.25) is 0 Å². The summed E-state index contributed by atoms with van der Waals surface area (Å²) in [6.45, 7) is 3.18. The first-order valence-electron chi connectivity index (χ1n) is 8.65. The molecule has 0 amide bonds. The second-order valence-corrected chi connectivity index (χ2v) is 7.08. The quantitative estimate of drug-likeness (QED) is 0.182. The Morgan fingerprint density at radius 1 is 0.742 bits per heavy atom. The Kier molecular flexibility index (Phi) is 8.77. The van der Waals surface area contributed by atoms with Crippen molar-refractivity contribution in [3.8, 4) is 0 Å². The van der Waals surface area contributed by atoms with Crippen molar-refractivity contribution in [2.24, 2.45) is 11.8 Å². The number of carbonyl (C=O) groups is 1. The van der Waals surface area contributed by atoms with E-state index < -0.39 is 60.0 Å². The van der Waals surface area contributed by atoms with Gasteiger partial charge in [0.25, 0.3) is 0 Å². The van der Waals surface area contributed by atoms with Crippen molar-refractivity contribution in [1.82, 2.24) is 0 Å². The molecule has 0 aliphatic carbocycles. The maximum Gasteiger partial charge on any atom is 0.460 e. The smallest absolute Gasteiger partial charge is 0.460 e. The molecule has 0 saturated heterocycles. The number of carbonyl (C=O) groups excluding carboxylic acids is 1. The number of ether oxygens (including phenoxy) is 1. The molecule has 0 radical (unpaired) electrons. The van der Waals surface area contributed by atoms with Crippen LogP contribution in [-0.2, 0) is 9.53 Å². The monoisotopic (exact) mass is 490 g/mol. The zero-order chi connectivity index (χ0) is 25.3. The van der Waals surface area contributed by atoms with Gasteiger partial charge in [-0.15, -0.1) is 0 Å². The van der Waals surface area contributed by atoms with Crippen LogP contribution in [0.15, 0.2) is 0 Å². The van der Waals surface area contributed by atoms with Gasteiger partial charge in [0.15, 0.2) is 0 Å². The van der Waals surface area contributed by atoms with Crippen LogP contribution in [-0.4, -0.2) is 48.4 Å². The lowest BCUT2D eigenvalue weighted by atomic mass is 9.84. The summed E-state index contributed by atoms with van der Waals surface area (Å²) in [5.74, 6) is -42.5. The molecule has 0 bridgehead atoms. The number of halogens is 13. The highest BCUT2D eigenvalue weighted by atomic mass is 19.4. The van der Waals surface area contributed by atoms with Gasteiger partial charge in [0.2, 0.25) is 0 Å². The number of hydrogen-bond donors (Lipinski definition) is 0. The van der Waals surface area contributed by atoms with E-state index in [4.69, 9.17) is 0 Å². The molecule has 0 saturated carbocycles. The van der Waals surface area contributed by atoms with Crippen molar-refractivity contribution in [3.05, 3.63) is 0 Å². The van der Waals surface area contributed by atoms with Gasteiger partial charge in [0.1, 0.15) is 0 Å². The fraction of sp³-hybridized carbons (Fsp3) is 0.938. The number of unbranched alkanes of at least 4 members (excludes halogenated alkanes) is 1. The number of hydrogen-bond acceptors (Lipinski definition) is 2. The predicted molar refractivity (Wildman–Crippen MR) is 79.6 cm³/mol. The van der Waals surface area contributed by atoms with Crippen LogP contribution in [0.1, 0.15) is 40.0 Å². The summed E-state index contributed by atoms with van der Waals surface area (Å²) in [4.78, 5) is 11.8. The highest BCUT2D eigenvalue weighted by molar-refractivity contribution is 5.72. The molecule has 15 heteroatoms. The minimum absolute atomic E-state index is 0.194. The molecule has 0 spiro atoms. The van der Waals surface area contributed by atoms with Crippen LogP contribution in [0.5, 0.6) is 0 Å². The SMILES string of the molecule is CCCCOC(=O)C(CC(F)(F)C(F)(F)C(F)(F)C(F)(F)C(F)(F)C(F)(F)F)C(C)C. The van der Waals surface area contributed by atoms with Crippen molar-refractivity contribution in [2.45, 2.75) is 75.8 Å². The lowest BCUT2D eigenvalue weighted by Crippen LogP contribution is -2.70. The standard InChI is InChI=1S/C16H19F13O2/c1-4-5-6-31-10(30)9(8(2)3)7-11(17,18)12(19,20)13(21,22)14(23,24)15(25,26)16(27,28)29/h8-9H,4-7H2,1-3H3. The highest BCUT2D eigenvalue weighted by Crippen LogP contribution is 2.61. The minimum atomic E-state index is -7.96. The molecule has 1 atom stereocenters. The Morgan fingerprint density at radius 2 is 1.16 bits per heavy atom. The summed E-state index contributed by atoms with van der Waals surface area (Å²) >= 11 is 0. The van der Waals surface area contributed by atoms with Gasteiger partial charge in [-0.25, -0.2) is 0 Å². The molecule has 2 nitrogen and oxygen atoms in total. The van der Waals surface area contributed by atoms with Gasteiger partial charge < -0.3 is 4.74 Å². The van der Waals surface area contributed by atoms with Crippen molar-refractivity contribution >= 4 is 5.97 Å². The molecule has 0 aromatic rings. The first-order valence-corrected chi connectivity index (χ1v) is 8.65. The van der Waals surface area contributed by atoms with Crippen molar-refractivity contribution in [3.63, 3.8) is 0 Å². The van der Waals surface area contributed by atoms with Gasteiger partial charge in [-0.3, -0.25) is 4.79 Å². The zero-order valence-corrected chi connectivity index (χ0v) is 16.2. The molecule has 186 valence electrons. The third-order valence-electron chi connectivity index (χ3n) is 4.32. The Hall–Kier alpha value is -1.44. The van der Waals surface area contributed by atoms with Crippen molar-refractivity contribution in [1.29, 1.82) is 0 Å². The average Bonchev–Trinajstić information content (AvgIpc) is 2.57. The van der Waals surface area contributed by atoms with Crippen molar-refractivity contribution in [2.75, 3.05) is 6.61 Å². The Bertz CT molecular complexity index is 611. The number of alkyl halides is 13. The lowest BCUT2D eigenvalue weighted by Gasteiger charge is -2.40. The largest absolute Gasteiger partial charge is 0.465 e. The molecule has 1 unspecified atom stereocenters.